The van der Waals surface area contributed by atoms with Crippen LogP contribution in [0.1, 0.15) is 32.3 Å². The monoisotopic (exact) mass is 292 g/mol. The normalized spacial score (nSPS) is 20.2. The third-order valence-electron chi connectivity index (χ3n) is 3.50. The van der Waals surface area contributed by atoms with Crippen molar-refractivity contribution >= 4 is 17.7 Å². The zero-order valence-electron chi connectivity index (χ0n) is 12.4. The second kappa shape index (κ2) is 7.53. The van der Waals surface area contributed by atoms with Crippen LogP contribution in [-0.2, 0) is 6.54 Å². The van der Waals surface area contributed by atoms with Crippen LogP contribution < -0.4 is 5.73 Å². The number of hydrogen-bond acceptors (Lipinski definition) is 3. The molecule has 20 heavy (non-hydrogen) atoms. The molecule has 0 bridgehead atoms. The van der Waals surface area contributed by atoms with Gasteiger partial charge in [-0.15, -0.1) is 11.8 Å². The summed E-state index contributed by atoms with van der Waals surface area (Å²) in [5.41, 5.74) is 7.28. The molecule has 0 aromatic carbocycles. The van der Waals surface area contributed by atoms with Gasteiger partial charge in [0.2, 0.25) is 0 Å². The van der Waals surface area contributed by atoms with Gasteiger partial charge in [-0.1, -0.05) is 13.8 Å². The van der Waals surface area contributed by atoms with Crippen molar-refractivity contribution in [3.8, 4) is 0 Å². The SMILES string of the molecule is CCSc1cc(CN=C(N)N2CCCC(C)C2)ccn1. The topological polar surface area (TPSA) is 54.5 Å². The maximum atomic E-state index is 6.11. The Balaban J connectivity index is 1.95. The summed E-state index contributed by atoms with van der Waals surface area (Å²) in [7, 11) is 0. The number of pyridine rings is 1. The lowest BCUT2D eigenvalue weighted by Gasteiger charge is -2.31. The van der Waals surface area contributed by atoms with Gasteiger partial charge < -0.3 is 10.6 Å². The van der Waals surface area contributed by atoms with E-state index in [1.54, 1.807) is 11.8 Å². The third kappa shape index (κ3) is 4.40. The first-order valence-corrected chi connectivity index (χ1v) is 8.30. The van der Waals surface area contributed by atoms with Gasteiger partial charge in [-0.05, 0) is 42.2 Å². The fourth-order valence-electron chi connectivity index (χ4n) is 2.45. The quantitative estimate of drug-likeness (QED) is 0.527. The number of guanidine groups is 1. The zero-order chi connectivity index (χ0) is 14.4. The van der Waals surface area contributed by atoms with E-state index in [0.717, 1.165) is 23.9 Å². The average molecular weight is 292 g/mol. The highest BCUT2D eigenvalue weighted by Gasteiger charge is 2.17. The molecule has 0 spiro atoms. The molecule has 110 valence electrons. The predicted molar refractivity (Wildman–Crippen MR) is 85.9 cm³/mol. The van der Waals surface area contributed by atoms with E-state index in [2.05, 4.69) is 34.8 Å². The summed E-state index contributed by atoms with van der Waals surface area (Å²) in [6.45, 7) is 7.11. The number of rotatable bonds is 4. The first kappa shape index (κ1) is 15.2. The van der Waals surface area contributed by atoms with Crippen molar-refractivity contribution in [3.63, 3.8) is 0 Å². The van der Waals surface area contributed by atoms with Gasteiger partial charge in [-0.3, -0.25) is 0 Å². The van der Waals surface area contributed by atoms with Crippen molar-refractivity contribution in [2.45, 2.75) is 38.3 Å². The summed E-state index contributed by atoms with van der Waals surface area (Å²) >= 11 is 1.75. The van der Waals surface area contributed by atoms with Gasteiger partial charge in [-0.25, -0.2) is 9.98 Å². The number of likely N-dealkylation sites (tertiary alicyclic amines) is 1. The van der Waals surface area contributed by atoms with E-state index in [1.165, 1.54) is 18.4 Å². The Morgan fingerprint density at radius 1 is 1.60 bits per heavy atom. The zero-order valence-corrected chi connectivity index (χ0v) is 13.2. The minimum absolute atomic E-state index is 0.635. The van der Waals surface area contributed by atoms with Crippen LogP contribution in [0.3, 0.4) is 0 Å². The second-order valence-electron chi connectivity index (χ2n) is 5.30. The number of aliphatic imine (C=N–C) groups is 1. The molecule has 0 radical (unpaired) electrons. The first-order chi connectivity index (χ1) is 9.69. The van der Waals surface area contributed by atoms with Crippen LogP contribution >= 0.6 is 11.8 Å². The third-order valence-corrected chi connectivity index (χ3v) is 4.30. The van der Waals surface area contributed by atoms with E-state index in [4.69, 9.17) is 5.73 Å². The molecule has 0 amide bonds. The number of aromatic nitrogens is 1. The predicted octanol–water partition coefficient (Wildman–Crippen LogP) is 2.74. The lowest BCUT2D eigenvalue weighted by Crippen LogP contribution is -2.43. The van der Waals surface area contributed by atoms with Crippen LogP contribution in [0, 0.1) is 5.92 Å². The highest BCUT2D eigenvalue weighted by Crippen LogP contribution is 2.17. The van der Waals surface area contributed by atoms with Crippen LogP contribution in [-0.4, -0.2) is 34.7 Å². The molecular weight excluding hydrogens is 268 g/mol. The van der Waals surface area contributed by atoms with Gasteiger partial charge in [0.1, 0.15) is 0 Å². The lowest BCUT2D eigenvalue weighted by molar-refractivity contribution is 0.270. The summed E-state index contributed by atoms with van der Waals surface area (Å²) in [6.07, 6.45) is 4.36. The first-order valence-electron chi connectivity index (χ1n) is 7.31. The molecule has 0 saturated carbocycles. The van der Waals surface area contributed by atoms with E-state index < -0.39 is 0 Å². The van der Waals surface area contributed by atoms with Crippen molar-refractivity contribution < 1.29 is 0 Å². The Bertz CT molecular complexity index is 461. The summed E-state index contributed by atoms with van der Waals surface area (Å²) in [6, 6.07) is 4.11. The van der Waals surface area contributed by atoms with Crippen LogP contribution in [0.25, 0.3) is 0 Å². The number of thioether (sulfide) groups is 1. The Morgan fingerprint density at radius 3 is 3.20 bits per heavy atom. The molecule has 1 aromatic rings. The number of nitrogens with two attached hydrogens (primary N) is 1. The molecule has 2 N–H and O–H groups in total. The van der Waals surface area contributed by atoms with Gasteiger partial charge in [0.25, 0.3) is 0 Å². The van der Waals surface area contributed by atoms with Crippen LogP contribution in [0.5, 0.6) is 0 Å². The molecule has 1 aliphatic heterocycles. The largest absolute Gasteiger partial charge is 0.370 e. The van der Waals surface area contributed by atoms with Gasteiger partial charge in [0.15, 0.2) is 5.96 Å². The van der Waals surface area contributed by atoms with Gasteiger partial charge in [-0.2, -0.15) is 0 Å². The van der Waals surface area contributed by atoms with Gasteiger partial charge in [0, 0.05) is 19.3 Å². The molecule has 1 aliphatic rings. The molecule has 0 aliphatic carbocycles. The van der Waals surface area contributed by atoms with E-state index in [0.29, 0.717) is 18.4 Å². The summed E-state index contributed by atoms with van der Waals surface area (Å²) in [4.78, 5) is 11.1. The van der Waals surface area contributed by atoms with Crippen LogP contribution in [0.15, 0.2) is 28.3 Å². The van der Waals surface area contributed by atoms with Crippen molar-refractivity contribution in [1.29, 1.82) is 0 Å². The Morgan fingerprint density at radius 2 is 2.45 bits per heavy atom. The van der Waals surface area contributed by atoms with E-state index in [1.807, 2.05) is 12.3 Å². The summed E-state index contributed by atoms with van der Waals surface area (Å²) in [5, 5.41) is 1.06. The molecule has 1 atom stereocenters. The average Bonchev–Trinajstić information content (AvgIpc) is 2.45. The molecule has 5 heteroatoms. The molecular formula is C15H24N4S. The summed E-state index contributed by atoms with van der Waals surface area (Å²) in [5.74, 6) is 2.43. The van der Waals surface area contributed by atoms with Crippen molar-refractivity contribution in [3.05, 3.63) is 23.9 Å². The fraction of sp³-hybridized carbons (Fsp3) is 0.600. The number of nitrogens with zero attached hydrogens (tertiary/aromatic N) is 3. The standard InChI is InChI=1S/C15H24N4S/c1-3-20-14-9-13(6-7-17-14)10-18-15(16)19-8-4-5-12(2)11-19/h6-7,9,12H,3-5,8,10-11H2,1-2H3,(H2,16,18). The van der Waals surface area contributed by atoms with Gasteiger partial charge in [0.05, 0.1) is 11.6 Å². The Labute approximate surface area is 125 Å². The Hall–Kier alpha value is -1.23. The highest BCUT2D eigenvalue weighted by molar-refractivity contribution is 7.99. The molecule has 1 fully saturated rings. The van der Waals surface area contributed by atoms with Crippen molar-refractivity contribution in [2.75, 3.05) is 18.8 Å². The molecule has 1 unspecified atom stereocenters. The highest BCUT2D eigenvalue weighted by atomic mass is 32.2. The Kier molecular flexibility index (Phi) is 5.71. The van der Waals surface area contributed by atoms with E-state index in [-0.39, 0.29) is 0 Å². The summed E-state index contributed by atoms with van der Waals surface area (Å²) < 4.78 is 0. The van der Waals surface area contributed by atoms with Crippen molar-refractivity contribution in [1.82, 2.24) is 9.88 Å². The fourth-order valence-corrected chi connectivity index (χ4v) is 3.11. The molecule has 1 saturated heterocycles. The minimum Gasteiger partial charge on any atom is -0.370 e. The lowest BCUT2D eigenvalue weighted by atomic mass is 10.0. The molecule has 4 nitrogen and oxygen atoms in total. The maximum Gasteiger partial charge on any atom is 0.191 e. The molecule has 2 heterocycles. The minimum atomic E-state index is 0.635. The van der Waals surface area contributed by atoms with Crippen molar-refractivity contribution in [2.24, 2.45) is 16.6 Å². The number of hydrogen-bond donors (Lipinski definition) is 1. The smallest absolute Gasteiger partial charge is 0.191 e. The van der Waals surface area contributed by atoms with E-state index >= 15 is 0 Å². The second-order valence-corrected chi connectivity index (χ2v) is 6.59. The maximum absolute atomic E-state index is 6.11. The van der Waals surface area contributed by atoms with Gasteiger partial charge >= 0.3 is 0 Å². The van der Waals surface area contributed by atoms with Crippen LogP contribution in [0.2, 0.25) is 0 Å². The molecule has 1 aromatic heterocycles. The molecule has 2 rings (SSSR count). The number of piperidine rings is 1. The van der Waals surface area contributed by atoms with Crippen LogP contribution in [0.4, 0.5) is 0 Å². The van der Waals surface area contributed by atoms with E-state index in [9.17, 15) is 0 Å².